The lowest BCUT2D eigenvalue weighted by Crippen LogP contribution is -1.84. The van der Waals surface area contributed by atoms with Gasteiger partial charge in [-0.3, -0.25) is 0 Å². The van der Waals surface area contributed by atoms with Crippen LogP contribution in [0.1, 0.15) is 5.56 Å². The highest BCUT2D eigenvalue weighted by Crippen LogP contribution is 2.53. The second-order valence-corrected chi connectivity index (χ2v) is 6.40. The lowest BCUT2D eigenvalue weighted by molar-refractivity contribution is 0.225. The number of hydrogen-bond donors (Lipinski definition) is 4. The molecule has 0 atom stereocenters. The normalized spacial score (nSPS) is 11.6. The number of rotatable bonds is 4. The van der Waals surface area contributed by atoms with Crippen LogP contribution in [0.4, 0.5) is 0 Å². The third kappa shape index (κ3) is 12.4. The summed E-state index contributed by atoms with van der Waals surface area (Å²) >= 11 is 3.39. The molecule has 0 spiro atoms. The first kappa shape index (κ1) is 18.0. The summed E-state index contributed by atoms with van der Waals surface area (Å²) in [5.74, 6) is 0. The van der Waals surface area contributed by atoms with Gasteiger partial charge in [0.1, 0.15) is 0 Å². The molecule has 0 fully saturated rings. The van der Waals surface area contributed by atoms with Crippen LogP contribution in [-0.2, 0) is 19.9 Å². The van der Waals surface area contributed by atoms with E-state index in [0.29, 0.717) is 0 Å². The quantitative estimate of drug-likeness (QED) is 0.475. The van der Waals surface area contributed by atoms with Crippen molar-refractivity contribution in [3.8, 4) is 0 Å². The third-order valence-electron chi connectivity index (χ3n) is 1.44. The van der Waals surface area contributed by atoms with E-state index in [0.717, 1.165) is 11.8 Å². The highest BCUT2D eigenvalue weighted by molar-refractivity contribution is 9.09. The van der Waals surface area contributed by atoms with Crippen molar-refractivity contribution in [2.75, 3.05) is 5.33 Å². The molecular formula is C8H13BrO7P2. The molecular weight excluding hydrogens is 350 g/mol. The van der Waals surface area contributed by atoms with Crippen LogP contribution in [0, 0.1) is 0 Å². The molecule has 10 heteroatoms. The second-order valence-electron chi connectivity index (χ2n) is 2.99. The maximum atomic E-state index is 9.63. The predicted molar refractivity (Wildman–Crippen MR) is 69.1 cm³/mol. The fraction of sp³-hybridized carbons (Fsp3) is 0.250. The molecule has 0 aliphatic carbocycles. The minimum Gasteiger partial charge on any atom is -0.302 e. The van der Waals surface area contributed by atoms with E-state index < -0.39 is 15.6 Å². The number of benzene rings is 1. The van der Waals surface area contributed by atoms with Gasteiger partial charge in [-0.2, -0.15) is 4.31 Å². The van der Waals surface area contributed by atoms with Crippen LogP contribution in [0.5, 0.6) is 0 Å². The van der Waals surface area contributed by atoms with Crippen molar-refractivity contribution in [3.05, 3.63) is 35.9 Å². The molecule has 7 nitrogen and oxygen atoms in total. The van der Waals surface area contributed by atoms with E-state index >= 15 is 0 Å². The fourth-order valence-electron chi connectivity index (χ4n) is 0.892. The topological polar surface area (TPSA) is 124 Å². The van der Waals surface area contributed by atoms with Gasteiger partial charge in [-0.1, -0.05) is 46.3 Å². The summed E-state index contributed by atoms with van der Waals surface area (Å²) in [6.45, 7) is 0. The molecule has 1 aromatic rings. The van der Waals surface area contributed by atoms with Gasteiger partial charge in [0, 0.05) is 5.33 Å². The van der Waals surface area contributed by atoms with Crippen molar-refractivity contribution in [3.63, 3.8) is 0 Å². The van der Waals surface area contributed by atoms with E-state index in [1.807, 2.05) is 6.07 Å². The number of aryl methyl sites for hydroxylation is 1. The number of alkyl halides is 1. The summed E-state index contributed by atoms with van der Waals surface area (Å²) in [7, 11) is -10.1. The Bertz CT molecular complexity index is 406. The van der Waals surface area contributed by atoms with Gasteiger partial charge in [0.15, 0.2) is 0 Å². The molecule has 104 valence electrons. The zero-order valence-electron chi connectivity index (χ0n) is 9.09. The summed E-state index contributed by atoms with van der Waals surface area (Å²) in [5, 5.41) is 1.05. The molecule has 0 amide bonds. The van der Waals surface area contributed by atoms with Crippen molar-refractivity contribution in [2.24, 2.45) is 0 Å². The summed E-state index contributed by atoms with van der Waals surface area (Å²) in [5.41, 5.74) is 1.40. The van der Waals surface area contributed by atoms with Crippen molar-refractivity contribution < 1.29 is 33.0 Å². The van der Waals surface area contributed by atoms with Crippen LogP contribution in [0.3, 0.4) is 0 Å². The molecule has 0 unspecified atom stereocenters. The molecule has 4 N–H and O–H groups in total. The van der Waals surface area contributed by atoms with Crippen LogP contribution in [-0.4, -0.2) is 24.9 Å². The lowest BCUT2D eigenvalue weighted by atomic mass is 10.2. The zero-order valence-corrected chi connectivity index (χ0v) is 12.5. The lowest BCUT2D eigenvalue weighted by Gasteiger charge is -2.03. The highest BCUT2D eigenvalue weighted by Gasteiger charge is 2.27. The first-order valence-corrected chi connectivity index (χ1v) is 8.74. The summed E-state index contributed by atoms with van der Waals surface area (Å²) in [4.78, 5) is 31.0. The molecule has 1 rings (SSSR count). The third-order valence-corrected chi connectivity index (χ3v) is 3.54. The Hall–Kier alpha value is -0.0400. The maximum Gasteiger partial charge on any atom is 0.478 e. The van der Waals surface area contributed by atoms with E-state index in [9.17, 15) is 9.13 Å². The van der Waals surface area contributed by atoms with Crippen LogP contribution in [0.25, 0.3) is 0 Å². The zero-order chi connectivity index (χ0) is 14.2. The van der Waals surface area contributed by atoms with E-state index in [4.69, 9.17) is 19.6 Å². The minimum absolute atomic E-state index is 1.05. The first-order valence-electron chi connectivity index (χ1n) is 4.56. The average Bonchev–Trinajstić information content (AvgIpc) is 2.15. The summed E-state index contributed by atoms with van der Waals surface area (Å²) < 4.78 is 22.2. The smallest absolute Gasteiger partial charge is 0.302 e. The van der Waals surface area contributed by atoms with Gasteiger partial charge in [-0.05, 0) is 12.0 Å². The van der Waals surface area contributed by atoms with Crippen LogP contribution >= 0.6 is 31.6 Å². The van der Waals surface area contributed by atoms with E-state index in [-0.39, 0.29) is 0 Å². The Morgan fingerprint density at radius 2 is 1.44 bits per heavy atom. The van der Waals surface area contributed by atoms with Crippen molar-refractivity contribution in [1.29, 1.82) is 0 Å². The Balaban J connectivity index is 0.000000321. The average molecular weight is 363 g/mol. The number of hydrogen-bond acceptors (Lipinski definition) is 3. The van der Waals surface area contributed by atoms with E-state index in [1.165, 1.54) is 5.56 Å². The van der Waals surface area contributed by atoms with Gasteiger partial charge < -0.3 is 19.6 Å². The second kappa shape index (κ2) is 8.19. The van der Waals surface area contributed by atoms with Gasteiger partial charge in [0.05, 0.1) is 0 Å². The van der Waals surface area contributed by atoms with Gasteiger partial charge in [0.25, 0.3) is 0 Å². The molecule has 0 heterocycles. The molecule has 0 radical (unpaired) electrons. The summed E-state index contributed by atoms with van der Waals surface area (Å²) in [6, 6.07) is 10.5. The Labute approximate surface area is 112 Å². The molecule has 0 bridgehead atoms. The Kier molecular flexibility index (Phi) is 8.18. The van der Waals surface area contributed by atoms with Crippen LogP contribution in [0.2, 0.25) is 0 Å². The van der Waals surface area contributed by atoms with Gasteiger partial charge in [-0.15, -0.1) is 0 Å². The predicted octanol–water partition coefficient (Wildman–Crippen LogP) is 1.81. The number of halogens is 1. The monoisotopic (exact) mass is 362 g/mol. The van der Waals surface area contributed by atoms with Crippen molar-refractivity contribution in [1.82, 2.24) is 0 Å². The molecule has 1 aromatic carbocycles. The first-order chi connectivity index (χ1) is 8.14. The summed E-state index contributed by atoms with van der Waals surface area (Å²) in [6.07, 6.45) is 1.13. The molecule has 0 aliphatic rings. The highest BCUT2D eigenvalue weighted by atomic mass is 79.9. The largest absolute Gasteiger partial charge is 0.478 e. The molecule has 0 aliphatic heterocycles. The SMILES string of the molecule is BrCCc1ccccc1.O=P(O)(O)OP(=O)(O)O. The van der Waals surface area contributed by atoms with Crippen molar-refractivity contribution in [2.45, 2.75) is 6.42 Å². The minimum atomic E-state index is -5.05. The van der Waals surface area contributed by atoms with Crippen molar-refractivity contribution >= 4 is 31.6 Å². The molecule has 0 aromatic heterocycles. The molecule has 0 saturated heterocycles. The number of phosphoric acid groups is 2. The fourth-order valence-corrected chi connectivity index (χ4v) is 2.46. The maximum absolute atomic E-state index is 9.63. The van der Waals surface area contributed by atoms with Crippen LogP contribution < -0.4 is 0 Å². The van der Waals surface area contributed by atoms with Gasteiger partial charge >= 0.3 is 15.6 Å². The van der Waals surface area contributed by atoms with E-state index in [1.54, 1.807) is 0 Å². The Morgan fingerprint density at radius 3 is 1.72 bits per heavy atom. The van der Waals surface area contributed by atoms with E-state index in [2.05, 4.69) is 44.5 Å². The molecule has 18 heavy (non-hydrogen) atoms. The molecule has 0 saturated carbocycles. The van der Waals surface area contributed by atoms with Crippen LogP contribution in [0.15, 0.2) is 30.3 Å². The van der Waals surface area contributed by atoms with Gasteiger partial charge in [0.2, 0.25) is 0 Å². The van der Waals surface area contributed by atoms with Gasteiger partial charge in [-0.25, -0.2) is 9.13 Å². The standard InChI is InChI=1S/C8H9Br.H4O7P2/c9-7-6-8-4-2-1-3-5-8;1-8(2,3)7-9(4,5)6/h1-5H,6-7H2;(H2,1,2,3)(H2,4,5,6). The Morgan fingerprint density at radius 1 is 1.00 bits per heavy atom.